The number of amides is 3. The van der Waals surface area contributed by atoms with Gasteiger partial charge in [0.25, 0.3) is 19.3 Å². The summed E-state index contributed by atoms with van der Waals surface area (Å²) in [6.45, 7) is 1.62. The van der Waals surface area contributed by atoms with Crippen LogP contribution in [-0.2, 0) is 48.9 Å². The summed E-state index contributed by atoms with van der Waals surface area (Å²) < 4.78 is 18.5. The number of carbonyl (C=O) groups excluding carboxylic acids is 4. The van der Waals surface area contributed by atoms with Crippen molar-refractivity contribution in [3.05, 3.63) is 29.8 Å². The molecule has 15 heteroatoms. The quantitative estimate of drug-likeness (QED) is 0.171. The van der Waals surface area contributed by atoms with Crippen molar-refractivity contribution in [1.82, 2.24) is 10.2 Å². The van der Waals surface area contributed by atoms with E-state index in [1.54, 1.807) is 31.2 Å². The number of anilines is 1. The number of carboxylic acid groups (broad SMARTS) is 2. The van der Waals surface area contributed by atoms with Crippen LogP contribution in [0.4, 0.5) is 5.69 Å². The van der Waals surface area contributed by atoms with E-state index in [1.807, 2.05) is 0 Å². The summed E-state index contributed by atoms with van der Waals surface area (Å²) in [6.07, 6.45) is -0.986. The Bertz CT molecular complexity index is 1090. The number of imide groups is 1. The lowest BCUT2D eigenvalue weighted by Gasteiger charge is -2.23. The van der Waals surface area contributed by atoms with E-state index in [0.717, 1.165) is 0 Å². The first-order valence-electron chi connectivity index (χ1n) is 11.8. The average Bonchev–Trinajstić information content (AvgIpc) is 3.15. The molecule has 1 heterocycles. The summed E-state index contributed by atoms with van der Waals surface area (Å²) >= 11 is 0. The fourth-order valence-corrected chi connectivity index (χ4v) is 5.52. The molecule has 1 saturated heterocycles. The molecule has 4 N–H and O–H groups in total. The van der Waals surface area contributed by atoms with Gasteiger partial charge in [-0.05, 0) is 37.5 Å². The molecule has 1 aliphatic heterocycles. The van der Waals surface area contributed by atoms with Gasteiger partial charge in [0.2, 0.25) is 5.91 Å². The number of rotatable bonds is 16. The van der Waals surface area contributed by atoms with Crippen molar-refractivity contribution in [3.63, 3.8) is 0 Å². The van der Waals surface area contributed by atoms with Crippen LogP contribution in [0.5, 0.6) is 0 Å². The number of hydroxylamine groups is 2. The predicted octanol–water partition coefficient (Wildman–Crippen LogP) is 2.04. The second kappa shape index (κ2) is 14.4. The van der Waals surface area contributed by atoms with Crippen molar-refractivity contribution in [2.24, 2.45) is 0 Å². The minimum atomic E-state index is -3.70. The molecule has 14 nitrogen and oxygen atoms in total. The third-order valence-electron chi connectivity index (χ3n) is 5.25. The maximum atomic E-state index is 13.2. The van der Waals surface area contributed by atoms with Gasteiger partial charge in [-0.25, -0.2) is 9.88 Å². The number of nitrogens with zero attached hydrogens (tertiary/aromatic N) is 1. The standard InChI is InChI=1S/C23H30N3O11P/c1-2-36-38(35,25-17(23(33)34)10-13-21(30)31)14-15-6-8-16(9-7-15)24-18(27)4-3-5-22(32)37-26-19(28)11-12-20(26)29/h6-9,17H,2-5,10-14H2,1H3,(H,24,27)(H,25,35)(H,30,31)(H,33,34)/t17-,38?/m0/s1. The van der Waals surface area contributed by atoms with E-state index >= 15 is 0 Å². The molecule has 1 aliphatic rings. The molecule has 1 aromatic carbocycles. The molecule has 0 spiro atoms. The third-order valence-corrected chi connectivity index (χ3v) is 7.41. The molecule has 2 rings (SSSR count). The highest BCUT2D eigenvalue weighted by molar-refractivity contribution is 7.56. The van der Waals surface area contributed by atoms with Gasteiger partial charge in [0.1, 0.15) is 6.04 Å². The van der Waals surface area contributed by atoms with Crippen LogP contribution in [0.1, 0.15) is 57.4 Å². The average molecular weight is 555 g/mol. The number of hydrogen-bond donors (Lipinski definition) is 4. The van der Waals surface area contributed by atoms with Crippen LogP contribution >= 0.6 is 7.52 Å². The molecule has 2 atom stereocenters. The van der Waals surface area contributed by atoms with E-state index in [-0.39, 0.29) is 51.3 Å². The van der Waals surface area contributed by atoms with Crippen LogP contribution < -0.4 is 10.4 Å². The van der Waals surface area contributed by atoms with Crippen LogP contribution in [0, 0.1) is 0 Å². The summed E-state index contributed by atoms with van der Waals surface area (Å²) in [7, 11) is -3.70. The lowest BCUT2D eigenvalue weighted by atomic mass is 10.2. The molecule has 0 bridgehead atoms. The van der Waals surface area contributed by atoms with Gasteiger partial charge in [-0.3, -0.25) is 28.5 Å². The van der Waals surface area contributed by atoms with Crippen LogP contribution in [-0.4, -0.2) is 63.6 Å². The number of carboxylic acids is 2. The Hall–Kier alpha value is -3.61. The lowest BCUT2D eigenvalue weighted by Crippen LogP contribution is -2.36. The molecule has 1 fully saturated rings. The van der Waals surface area contributed by atoms with E-state index in [9.17, 15) is 38.4 Å². The van der Waals surface area contributed by atoms with Crippen molar-refractivity contribution in [2.45, 2.75) is 64.1 Å². The first kappa shape index (κ1) is 30.6. The Balaban J connectivity index is 1.86. The monoisotopic (exact) mass is 555 g/mol. The van der Waals surface area contributed by atoms with Gasteiger partial charge in [-0.15, -0.1) is 5.06 Å². The highest BCUT2D eigenvalue weighted by Crippen LogP contribution is 2.47. The van der Waals surface area contributed by atoms with Gasteiger partial charge in [0.05, 0.1) is 12.8 Å². The van der Waals surface area contributed by atoms with E-state index in [4.69, 9.17) is 14.5 Å². The first-order valence-corrected chi connectivity index (χ1v) is 13.6. The predicted molar refractivity (Wildman–Crippen MR) is 130 cm³/mol. The maximum Gasteiger partial charge on any atom is 0.333 e. The second-order valence-electron chi connectivity index (χ2n) is 8.35. The second-order valence-corrected chi connectivity index (χ2v) is 10.5. The fourth-order valence-electron chi connectivity index (χ4n) is 3.44. The van der Waals surface area contributed by atoms with E-state index in [2.05, 4.69) is 10.4 Å². The zero-order chi connectivity index (χ0) is 28.3. The molecule has 0 radical (unpaired) electrons. The number of nitrogens with one attached hydrogen (secondary N) is 2. The molecule has 38 heavy (non-hydrogen) atoms. The SMILES string of the molecule is CCOP(=O)(Cc1ccc(NC(=O)CCCC(=O)ON2C(=O)CCC2=O)cc1)N[C@@H](CCC(=O)O)C(=O)O. The first-order chi connectivity index (χ1) is 17.9. The summed E-state index contributed by atoms with van der Waals surface area (Å²) in [6, 6.07) is 4.84. The molecule has 3 amide bonds. The molecular weight excluding hydrogens is 525 g/mol. The lowest BCUT2D eigenvalue weighted by molar-refractivity contribution is -0.197. The zero-order valence-corrected chi connectivity index (χ0v) is 21.6. The zero-order valence-electron chi connectivity index (χ0n) is 20.7. The minimum absolute atomic E-state index is 0.0113. The van der Waals surface area contributed by atoms with E-state index in [1.165, 1.54) is 0 Å². The van der Waals surface area contributed by atoms with Crippen molar-refractivity contribution in [1.29, 1.82) is 0 Å². The molecule has 0 aromatic heterocycles. The summed E-state index contributed by atoms with van der Waals surface area (Å²) in [4.78, 5) is 73.9. The van der Waals surface area contributed by atoms with Gasteiger partial charge >= 0.3 is 17.9 Å². The summed E-state index contributed by atoms with van der Waals surface area (Å²) in [5.74, 6) is -4.91. The molecule has 1 unspecified atom stereocenters. The number of benzene rings is 1. The molecular formula is C23H30N3O11P. The minimum Gasteiger partial charge on any atom is -0.481 e. The van der Waals surface area contributed by atoms with Crippen molar-refractivity contribution < 1.29 is 52.9 Å². The van der Waals surface area contributed by atoms with E-state index < -0.39 is 55.6 Å². The Morgan fingerprint density at radius 2 is 1.66 bits per heavy atom. The largest absolute Gasteiger partial charge is 0.481 e. The molecule has 1 aromatic rings. The van der Waals surface area contributed by atoms with Crippen molar-refractivity contribution in [2.75, 3.05) is 11.9 Å². The van der Waals surface area contributed by atoms with Crippen molar-refractivity contribution in [3.8, 4) is 0 Å². The molecule has 0 saturated carbocycles. The summed E-state index contributed by atoms with van der Waals surface area (Å²) in [5, 5.41) is 23.7. The third kappa shape index (κ3) is 10.0. The Kier molecular flexibility index (Phi) is 11.6. The number of carbonyl (C=O) groups is 6. The number of aliphatic carboxylic acids is 2. The number of hydrogen-bond acceptors (Lipinski definition) is 9. The van der Waals surface area contributed by atoms with Gasteiger partial charge in [0.15, 0.2) is 0 Å². The smallest absolute Gasteiger partial charge is 0.333 e. The van der Waals surface area contributed by atoms with Gasteiger partial charge in [-0.1, -0.05) is 12.1 Å². The molecule has 0 aliphatic carbocycles. The Morgan fingerprint density at radius 1 is 1.03 bits per heavy atom. The molecule has 208 valence electrons. The van der Waals surface area contributed by atoms with Crippen LogP contribution in [0.25, 0.3) is 0 Å². The fraction of sp³-hybridized carbons (Fsp3) is 0.478. The Morgan fingerprint density at radius 3 is 2.21 bits per heavy atom. The maximum absolute atomic E-state index is 13.2. The normalized spacial score (nSPS) is 15.6. The van der Waals surface area contributed by atoms with Crippen LogP contribution in [0.2, 0.25) is 0 Å². The van der Waals surface area contributed by atoms with Crippen molar-refractivity contribution >= 4 is 48.8 Å². The van der Waals surface area contributed by atoms with E-state index in [0.29, 0.717) is 16.3 Å². The van der Waals surface area contributed by atoms with Gasteiger partial charge in [-0.2, -0.15) is 0 Å². The highest BCUT2D eigenvalue weighted by Gasteiger charge is 2.33. The topological polar surface area (TPSA) is 206 Å². The summed E-state index contributed by atoms with van der Waals surface area (Å²) in [5.41, 5.74) is 0.932. The van der Waals surface area contributed by atoms with Crippen LogP contribution in [0.15, 0.2) is 24.3 Å². The van der Waals surface area contributed by atoms with Crippen LogP contribution in [0.3, 0.4) is 0 Å². The Labute approximate surface area is 218 Å². The van der Waals surface area contributed by atoms with Gasteiger partial charge in [0, 0.05) is 37.8 Å². The van der Waals surface area contributed by atoms with Gasteiger partial charge < -0.3 is 24.9 Å². The highest BCUT2D eigenvalue weighted by atomic mass is 31.2.